The number of aliphatic hydroxyl groups is 1. The van der Waals surface area contributed by atoms with Crippen LogP contribution in [0, 0.1) is 0 Å². The molecule has 6 nitrogen and oxygen atoms in total. The number of rotatable bonds is 4. The summed E-state index contributed by atoms with van der Waals surface area (Å²) in [5.41, 5.74) is 0.449. The highest BCUT2D eigenvalue weighted by Gasteiger charge is 2.38. The van der Waals surface area contributed by atoms with Crippen LogP contribution in [0.25, 0.3) is 0 Å². The van der Waals surface area contributed by atoms with E-state index in [1.165, 1.54) is 19.1 Å². The van der Waals surface area contributed by atoms with E-state index >= 15 is 0 Å². The van der Waals surface area contributed by atoms with Gasteiger partial charge in [-0.3, -0.25) is 4.79 Å². The van der Waals surface area contributed by atoms with Crippen molar-refractivity contribution < 1.29 is 18.3 Å². The van der Waals surface area contributed by atoms with Gasteiger partial charge in [-0.2, -0.15) is 12.7 Å². The summed E-state index contributed by atoms with van der Waals surface area (Å²) in [6.07, 6.45) is 2.72. The van der Waals surface area contributed by atoms with Gasteiger partial charge in [-0.1, -0.05) is 19.2 Å². The quantitative estimate of drug-likeness (QED) is 0.558. The van der Waals surface area contributed by atoms with Crippen molar-refractivity contribution in [2.45, 2.75) is 13.0 Å². The van der Waals surface area contributed by atoms with Crippen LogP contribution in [0.1, 0.15) is 6.92 Å². The van der Waals surface area contributed by atoms with Gasteiger partial charge in [0.2, 0.25) is 5.91 Å². The zero-order chi connectivity index (χ0) is 13.2. The first-order valence-electron chi connectivity index (χ1n) is 4.82. The maximum atomic E-state index is 11.5. The summed E-state index contributed by atoms with van der Waals surface area (Å²) in [5.74, 6) is -0.817. The standard InChI is InChI=1S/C10H14N2O4S/c1-4-7(2)5-9(13)8(3)12-6-10(14)11-17(12,15)16/h4-5,8,13H,1-2,6H2,3H3,(H,11,14)/b9-5+. The lowest BCUT2D eigenvalue weighted by atomic mass is 10.2. The van der Waals surface area contributed by atoms with Crippen molar-refractivity contribution in [1.82, 2.24) is 9.03 Å². The molecule has 0 aromatic heterocycles. The molecule has 7 heteroatoms. The molecule has 1 unspecified atom stereocenters. The molecule has 0 radical (unpaired) electrons. The number of hydrogen-bond acceptors (Lipinski definition) is 4. The third-order valence-corrected chi connectivity index (χ3v) is 3.85. The van der Waals surface area contributed by atoms with Gasteiger partial charge in [-0.15, -0.1) is 0 Å². The molecule has 1 atom stereocenters. The van der Waals surface area contributed by atoms with Gasteiger partial charge < -0.3 is 5.11 Å². The molecular weight excluding hydrogens is 244 g/mol. The minimum absolute atomic E-state index is 0.199. The van der Waals surface area contributed by atoms with Crippen molar-refractivity contribution in [3.63, 3.8) is 0 Å². The molecule has 1 heterocycles. The van der Waals surface area contributed by atoms with Gasteiger partial charge in [0.25, 0.3) is 0 Å². The first-order chi connectivity index (χ1) is 7.77. The van der Waals surface area contributed by atoms with Crippen molar-refractivity contribution in [1.29, 1.82) is 0 Å². The maximum absolute atomic E-state index is 11.5. The fourth-order valence-electron chi connectivity index (χ4n) is 1.32. The predicted octanol–water partition coefficient (Wildman–Crippen LogP) is 0.236. The fraction of sp³-hybridized carbons (Fsp3) is 0.300. The monoisotopic (exact) mass is 258 g/mol. The Bertz CT molecular complexity index is 492. The number of carbonyl (C=O) groups is 1. The zero-order valence-corrected chi connectivity index (χ0v) is 10.2. The smallest absolute Gasteiger partial charge is 0.304 e. The first kappa shape index (κ1) is 13.5. The summed E-state index contributed by atoms with van der Waals surface area (Å²) in [6, 6.07) is -0.837. The van der Waals surface area contributed by atoms with Crippen molar-refractivity contribution in [2.75, 3.05) is 6.54 Å². The molecule has 0 aromatic carbocycles. The van der Waals surface area contributed by atoms with E-state index in [0.717, 1.165) is 4.31 Å². The lowest BCUT2D eigenvalue weighted by Crippen LogP contribution is -2.38. The van der Waals surface area contributed by atoms with Crippen LogP contribution in [-0.2, 0) is 15.0 Å². The van der Waals surface area contributed by atoms with Crippen molar-refractivity contribution in [3.05, 3.63) is 36.6 Å². The molecule has 0 aromatic rings. The molecule has 0 bridgehead atoms. The Hall–Kier alpha value is -1.60. The Kier molecular flexibility index (Phi) is 3.74. The molecule has 1 aliphatic rings. The molecule has 2 N–H and O–H groups in total. The van der Waals surface area contributed by atoms with Crippen LogP contribution in [0.15, 0.2) is 36.6 Å². The number of amides is 1. The molecule has 0 saturated carbocycles. The van der Waals surface area contributed by atoms with Crippen LogP contribution in [0.3, 0.4) is 0 Å². The number of nitrogens with one attached hydrogen (secondary N) is 1. The highest BCUT2D eigenvalue weighted by molar-refractivity contribution is 7.88. The predicted molar refractivity (Wildman–Crippen MR) is 63.3 cm³/mol. The second-order valence-electron chi connectivity index (χ2n) is 3.60. The van der Waals surface area contributed by atoms with E-state index in [1.807, 2.05) is 4.72 Å². The summed E-state index contributed by atoms with van der Waals surface area (Å²) in [7, 11) is -3.85. The molecule has 94 valence electrons. The maximum Gasteiger partial charge on any atom is 0.304 e. The van der Waals surface area contributed by atoms with E-state index in [4.69, 9.17) is 0 Å². The average Bonchev–Trinajstić information content (AvgIpc) is 2.50. The Labute approximate surface area is 100 Å². The van der Waals surface area contributed by atoms with E-state index in [1.54, 1.807) is 0 Å². The summed E-state index contributed by atoms with van der Waals surface area (Å²) in [4.78, 5) is 11.0. The molecule has 1 rings (SSSR count). The Balaban J connectivity index is 2.95. The second-order valence-corrected chi connectivity index (χ2v) is 5.22. The van der Waals surface area contributed by atoms with Crippen molar-refractivity contribution in [2.24, 2.45) is 0 Å². The summed E-state index contributed by atoms with van der Waals surface area (Å²) in [5, 5.41) is 9.71. The SMILES string of the molecule is C=CC(=C)/C=C(/O)C(C)N1CC(=O)NS1(=O)=O. The van der Waals surface area contributed by atoms with Crippen LogP contribution in [0.2, 0.25) is 0 Å². The largest absolute Gasteiger partial charge is 0.511 e. The lowest BCUT2D eigenvalue weighted by molar-refractivity contribution is -0.118. The van der Waals surface area contributed by atoms with Gasteiger partial charge in [0, 0.05) is 0 Å². The second kappa shape index (κ2) is 4.72. The molecule has 1 aliphatic heterocycles. The number of nitrogens with zero attached hydrogens (tertiary/aromatic N) is 1. The fourth-order valence-corrected chi connectivity index (χ4v) is 2.60. The Morgan fingerprint density at radius 2 is 2.24 bits per heavy atom. The van der Waals surface area contributed by atoms with Gasteiger partial charge in [0.05, 0.1) is 12.6 Å². The van der Waals surface area contributed by atoms with Crippen LogP contribution in [0.5, 0.6) is 0 Å². The van der Waals surface area contributed by atoms with Gasteiger partial charge in [-0.25, -0.2) is 4.72 Å². The molecule has 1 saturated heterocycles. The molecule has 1 amide bonds. The van der Waals surface area contributed by atoms with Crippen molar-refractivity contribution in [3.8, 4) is 0 Å². The molecule has 0 aliphatic carbocycles. The summed E-state index contributed by atoms with van der Waals surface area (Å²) >= 11 is 0. The number of carbonyl (C=O) groups excluding carboxylic acids is 1. The normalized spacial score (nSPS) is 21.9. The van der Waals surface area contributed by atoms with E-state index in [9.17, 15) is 18.3 Å². The highest BCUT2D eigenvalue weighted by Crippen LogP contribution is 2.16. The minimum atomic E-state index is -3.85. The topological polar surface area (TPSA) is 86.7 Å². The van der Waals surface area contributed by atoms with E-state index in [2.05, 4.69) is 13.2 Å². The van der Waals surface area contributed by atoms with Gasteiger partial charge in [0.1, 0.15) is 5.76 Å². The summed E-state index contributed by atoms with van der Waals surface area (Å²) in [6.45, 7) is 8.19. The molecule has 0 spiro atoms. The minimum Gasteiger partial charge on any atom is -0.511 e. The van der Waals surface area contributed by atoms with Gasteiger partial charge in [-0.05, 0) is 18.6 Å². The third kappa shape index (κ3) is 2.95. The van der Waals surface area contributed by atoms with Crippen LogP contribution in [0.4, 0.5) is 0 Å². The Morgan fingerprint density at radius 1 is 1.65 bits per heavy atom. The van der Waals surface area contributed by atoms with Crippen molar-refractivity contribution >= 4 is 16.1 Å². The zero-order valence-electron chi connectivity index (χ0n) is 9.38. The average molecular weight is 258 g/mol. The van der Waals surface area contributed by atoms with Gasteiger partial charge in [0.15, 0.2) is 0 Å². The number of hydrogen-bond donors (Lipinski definition) is 2. The highest BCUT2D eigenvalue weighted by atomic mass is 32.2. The van der Waals surface area contributed by atoms with Gasteiger partial charge >= 0.3 is 10.2 Å². The third-order valence-electron chi connectivity index (χ3n) is 2.31. The number of aliphatic hydroxyl groups excluding tert-OH is 1. The number of allylic oxidation sites excluding steroid dienone is 3. The van der Waals surface area contributed by atoms with E-state index in [-0.39, 0.29) is 12.3 Å². The van der Waals surface area contributed by atoms with E-state index in [0.29, 0.717) is 5.57 Å². The molecular formula is C10H14N2O4S. The van der Waals surface area contributed by atoms with E-state index < -0.39 is 22.2 Å². The van der Waals surface area contributed by atoms with Crippen LogP contribution < -0.4 is 4.72 Å². The molecule has 1 fully saturated rings. The first-order valence-corrected chi connectivity index (χ1v) is 6.26. The van der Waals surface area contributed by atoms with Crippen LogP contribution in [-0.4, -0.2) is 36.3 Å². The Morgan fingerprint density at radius 3 is 2.65 bits per heavy atom. The molecule has 17 heavy (non-hydrogen) atoms. The lowest BCUT2D eigenvalue weighted by Gasteiger charge is -2.20. The summed E-state index contributed by atoms with van der Waals surface area (Å²) < 4.78 is 25.7. The van der Waals surface area contributed by atoms with Crippen LogP contribution >= 0.6 is 0 Å².